The third-order valence-electron chi connectivity index (χ3n) is 3.60. The molecule has 0 radical (unpaired) electrons. The van der Waals surface area contributed by atoms with E-state index >= 15 is 0 Å². The number of anilines is 1. The first kappa shape index (κ1) is 12.7. The molecular weight excluding hydrogens is 261 g/mol. The van der Waals surface area contributed by atoms with Gasteiger partial charge in [-0.15, -0.1) is 0 Å². The van der Waals surface area contributed by atoms with E-state index in [1.54, 1.807) is 6.20 Å². The van der Waals surface area contributed by atoms with Crippen molar-refractivity contribution in [2.45, 2.75) is 18.9 Å². The molecule has 2 aromatic heterocycles. The van der Waals surface area contributed by atoms with Crippen molar-refractivity contribution in [1.82, 2.24) is 15.3 Å². The van der Waals surface area contributed by atoms with Crippen LogP contribution in [0.4, 0.5) is 14.9 Å². The van der Waals surface area contributed by atoms with Crippen molar-refractivity contribution in [3.05, 3.63) is 24.3 Å². The number of fused-ring (bicyclic) bond motifs is 1. The summed E-state index contributed by atoms with van der Waals surface area (Å²) >= 11 is 0. The number of aromatic amines is 1. The molecule has 0 aliphatic carbocycles. The number of H-pyrrole nitrogens is 1. The van der Waals surface area contributed by atoms with Gasteiger partial charge in [-0.05, 0) is 18.9 Å². The molecule has 1 aliphatic rings. The fourth-order valence-electron chi connectivity index (χ4n) is 2.79. The number of primary amides is 1. The Kier molecular flexibility index (Phi) is 3.17. The number of piperidine rings is 1. The molecule has 20 heavy (non-hydrogen) atoms. The van der Waals surface area contributed by atoms with E-state index in [-0.39, 0.29) is 11.9 Å². The van der Waals surface area contributed by atoms with E-state index in [0.29, 0.717) is 17.9 Å². The van der Waals surface area contributed by atoms with Gasteiger partial charge in [-0.2, -0.15) is 0 Å². The molecule has 1 saturated heterocycles. The lowest BCUT2D eigenvalue weighted by Crippen LogP contribution is -2.49. The molecule has 0 spiro atoms. The number of halogens is 1. The average Bonchev–Trinajstić information content (AvgIpc) is 2.86. The second kappa shape index (κ2) is 4.99. The lowest BCUT2D eigenvalue weighted by atomic mass is 10.0. The zero-order chi connectivity index (χ0) is 14.1. The van der Waals surface area contributed by atoms with E-state index in [2.05, 4.69) is 15.3 Å². The normalized spacial score (nSPS) is 19.2. The van der Waals surface area contributed by atoms with Crippen LogP contribution in [0.15, 0.2) is 18.5 Å². The summed E-state index contributed by atoms with van der Waals surface area (Å²) < 4.78 is 14.1. The maximum Gasteiger partial charge on any atom is 0.312 e. The van der Waals surface area contributed by atoms with Crippen LogP contribution in [0.2, 0.25) is 0 Å². The average molecular weight is 277 g/mol. The molecule has 1 fully saturated rings. The van der Waals surface area contributed by atoms with Gasteiger partial charge in [0.15, 0.2) is 5.82 Å². The van der Waals surface area contributed by atoms with Crippen LogP contribution in [0.3, 0.4) is 0 Å². The largest absolute Gasteiger partial charge is 0.366 e. The Balaban J connectivity index is 1.92. The molecule has 0 bridgehead atoms. The second-order valence-corrected chi connectivity index (χ2v) is 4.99. The molecule has 1 atom stereocenters. The molecule has 4 N–H and O–H groups in total. The van der Waals surface area contributed by atoms with Gasteiger partial charge in [-0.3, -0.25) is 0 Å². The van der Waals surface area contributed by atoms with Crippen LogP contribution in [0.1, 0.15) is 12.8 Å². The Morgan fingerprint density at radius 2 is 2.45 bits per heavy atom. The number of pyridine rings is 1. The van der Waals surface area contributed by atoms with Crippen molar-refractivity contribution in [3.8, 4) is 0 Å². The summed E-state index contributed by atoms with van der Waals surface area (Å²) in [6.07, 6.45) is 4.68. The molecule has 0 saturated carbocycles. The number of nitrogens with zero attached hydrogens (tertiary/aromatic N) is 2. The Bertz CT molecular complexity index is 641. The van der Waals surface area contributed by atoms with Gasteiger partial charge in [-0.1, -0.05) is 0 Å². The summed E-state index contributed by atoms with van der Waals surface area (Å²) in [5.41, 5.74) is 6.35. The minimum Gasteiger partial charge on any atom is -0.366 e. The number of hydrogen-bond acceptors (Lipinski definition) is 3. The predicted octanol–water partition coefficient (Wildman–Crippen LogP) is 1.34. The van der Waals surface area contributed by atoms with Gasteiger partial charge in [0.05, 0.1) is 11.9 Å². The van der Waals surface area contributed by atoms with Gasteiger partial charge in [0, 0.05) is 30.7 Å². The maximum absolute atomic E-state index is 14.1. The number of carbonyl (C=O) groups excluding carboxylic acids is 1. The molecule has 106 valence electrons. The van der Waals surface area contributed by atoms with Gasteiger partial charge in [0.1, 0.15) is 5.65 Å². The van der Waals surface area contributed by atoms with Gasteiger partial charge < -0.3 is 20.9 Å². The summed E-state index contributed by atoms with van der Waals surface area (Å²) in [6.45, 7) is 1.29. The molecule has 3 heterocycles. The summed E-state index contributed by atoms with van der Waals surface area (Å²) in [6, 6.07) is 1.22. The maximum atomic E-state index is 14.1. The Hall–Kier alpha value is -2.31. The minimum absolute atomic E-state index is 0.0530. The molecule has 6 nitrogen and oxygen atoms in total. The second-order valence-electron chi connectivity index (χ2n) is 4.99. The number of carbonyl (C=O) groups is 1. The Morgan fingerprint density at radius 3 is 3.25 bits per heavy atom. The van der Waals surface area contributed by atoms with Crippen molar-refractivity contribution in [1.29, 1.82) is 0 Å². The van der Waals surface area contributed by atoms with Crippen LogP contribution in [0.5, 0.6) is 0 Å². The molecule has 0 aromatic carbocycles. The number of nitrogens with two attached hydrogens (primary N) is 1. The number of nitrogens with one attached hydrogen (secondary N) is 2. The topological polar surface area (TPSA) is 87.0 Å². The van der Waals surface area contributed by atoms with E-state index in [1.807, 2.05) is 11.0 Å². The molecule has 7 heteroatoms. The van der Waals surface area contributed by atoms with E-state index in [1.165, 1.54) is 6.20 Å². The summed E-state index contributed by atoms with van der Waals surface area (Å²) in [5, 5.41) is 3.45. The standard InChI is InChI=1S/C13H16FN5O/c14-10-6-17-12-9(3-4-16-12)11(10)19-5-1-2-8(7-19)18-13(15)20/h3-4,6,8H,1-2,5,7H2,(H,16,17)(H3,15,18,20). The highest BCUT2D eigenvalue weighted by atomic mass is 19.1. The van der Waals surface area contributed by atoms with Crippen LogP contribution in [-0.4, -0.2) is 35.1 Å². The Labute approximate surface area is 115 Å². The van der Waals surface area contributed by atoms with Gasteiger partial charge in [0.25, 0.3) is 0 Å². The first-order valence-corrected chi connectivity index (χ1v) is 6.57. The van der Waals surface area contributed by atoms with Crippen molar-refractivity contribution in [3.63, 3.8) is 0 Å². The summed E-state index contributed by atoms with van der Waals surface area (Å²) in [4.78, 5) is 19.9. The van der Waals surface area contributed by atoms with Crippen molar-refractivity contribution >= 4 is 22.8 Å². The van der Waals surface area contributed by atoms with Crippen LogP contribution >= 0.6 is 0 Å². The van der Waals surface area contributed by atoms with Gasteiger partial charge >= 0.3 is 6.03 Å². The van der Waals surface area contributed by atoms with E-state index in [0.717, 1.165) is 24.8 Å². The summed E-state index contributed by atoms with van der Waals surface area (Å²) in [7, 11) is 0. The van der Waals surface area contributed by atoms with Gasteiger partial charge in [0.2, 0.25) is 0 Å². The predicted molar refractivity (Wildman–Crippen MR) is 74.0 cm³/mol. The zero-order valence-electron chi connectivity index (χ0n) is 10.9. The third kappa shape index (κ3) is 2.26. The highest BCUT2D eigenvalue weighted by Gasteiger charge is 2.24. The summed E-state index contributed by atoms with van der Waals surface area (Å²) in [5.74, 6) is -0.350. The fourth-order valence-corrected chi connectivity index (χ4v) is 2.79. The van der Waals surface area contributed by atoms with Gasteiger partial charge in [-0.25, -0.2) is 14.2 Å². The van der Waals surface area contributed by atoms with Crippen LogP contribution in [0, 0.1) is 5.82 Å². The monoisotopic (exact) mass is 277 g/mol. The number of urea groups is 1. The van der Waals surface area contributed by atoms with E-state index in [4.69, 9.17) is 5.73 Å². The molecule has 1 aliphatic heterocycles. The van der Waals surface area contributed by atoms with E-state index in [9.17, 15) is 9.18 Å². The lowest BCUT2D eigenvalue weighted by Gasteiger charge is -2.34. The van der Waals surface area contributed by atoms with Crippen molar-refractivity contribution in [2.24, 2.45) is 5.73 Å². The molecule has 2 aromatic rings. The lowest BCUT2D eigenvalue weighted by molar-refractivity contribution is 0.243. The zero-order valence-corrected chi connectivity index (χ0v) is 10.9. The quantitative estimate of drug-likeness (QED) is 0.774. The van der Waals surface area contributed by atoms with Crippen LogP contribution in [0.25, 0.3) is 11.0 Å². The van der Waals surface area contributed by atoms with Crippen LogP contribution < -0.4 is 16.0 Å². The first-order chi connectivity index (χ1) is 9.65. The van der Waals surface area contributed by atoms with Crippen LogP contribution in [-0.2, 0) is 0 Å². The smallest absolute Gasteiger partial charge is 0.312 e. The molecular formula is C13H16FN5O. The third-order valence-corrected chi connectivity index (χ3v) is 3.60. The highest BCUT2D eigenvalue weighted by Crippen LogP contribution is 2.30. The number of aromatic nitrogens is 2. The fraction of sp³-hybridized carbons (Fsp3) is 0.385. The van der Waals surface area contributed by atoms with Crippen molar-refractivity contribution < 1.29 is 9.18 Å². The molecule has 1 unspecified atom stereocenters. The van der Waals surface area contributed by atoms with Crippen molar-refractivity contribution in [2.75, 3.05) is 18.0 Å². The Morgan fingerprint density at radius 1 is 1.60 bits per heavy atom. The number of hydrogen-bond donors (Lipinski definition) is 3. The number of rotatable bonds is 2. The van der Waals surface area contributed by atoms with E-state index < -0.39 is 6.03 Å². The highest BCUT2D eigenvalue weighted by molar-refractivity contribution is 5.90. The molecule has 3 rings (SSSR count). The molecule has 2 amide bonds. The SMILES string of the molecule is NC(=O)NC1CCCN(c2c(F)cnc3[nH]ccc23)C1. The minimum atomic E-state index is -0.543. The first-order valence-electron chi connectivity index (χ1n) is 6.57. The number of amides is 2.